The van der Waals surface area contributed by atoms with Crippen molar-refractivity contribution in [3.8, 4) is 0 Å². The summed E-state index contributed by atoms with van der Waals surface area (Å²) in [5.41, 5.74) is 0.662. The van der Waals surface area contributed by atoms with Crippen LogP contribution in [0.5, 0.6) is 0 Å². The Balaban J connectivity index is 1.35. The summed E-state index contributed by atoms with van der Waals surface area (Å²) in [7, 11) is 2.41. The van der Waals surface area contributed by atoms with Crippen LogP contribution in [0.3, 0.4) is 0 Å². The van der Waals surface area contributed by atoms with Gasteiger partial charge in [-0.2, -0.15) is 9.46 Å². The van der Waals surface area contributed by atoms with Crippen LogP contribution in [0.15, 0.2) is 71.5 Å². The lowest BCUT2D eigenvalue weighted by atomic mass is 10.2. The van der Waals surface area contributed by atoms with Crippen LogP contribution in [0.25, 0.3) is 0 Å². The maximum atomic E-state index is 13.3. The molecule has 0 radical (unpaired) electrons. The number of hydrogen-bond acceptors (Lipinski definition) is 6. The normalized spacial score (nSPS) is 11.0. The summed E-state index contributed by atoms with van der Waals surface area (Å²) in [4.78, 5) is 19.5. The molecule has 0 aliphatic carbocycles. The van der Waals surface area contributed by atoms with Gasteiger partial charge in [0.15, 0.2) is 0 Å². The molecule has 0 fully saturated rings. The smallest absolute Gasteiger partial charge is 0.213 e. The average molecular weight is 482 g/mol. The molecule has 4 aromatic rings. The Morgan fingerprint density at radius 3 is 1.38 bits per heavy atom. The number of hydrogen-bond donors (Lipinski definition) is 0. The highest BCUT2D eigenvalue weighted by molar-refractivity contribution is 8.76. The van der Waals surface area contributed by atoms with Crippen molar-refractivity contribution in [3.63, 3.8) is 0 Å². The Morgan fingerprint density at radius 1 is 0.625 bits per heavy atom. The van der Waals surface area contributed by atoms with E-state index >= 15 is 0 Å². The number of benzene rings is 2. The lowest BCUT2D eigenvalue weighted by Crippen LogP contribution is -2.12. The zero-order valence-electron chi connectivity index (χ0n) is 16.1. The van der Waals surface area contributed by atoms with Crippen LogP contribution < -0.4 is 9.68 Å². The number of nitrogens with zero attached hydrogens (tertiary/aromatic N) is 4. The third-order valence-electron chi connectivity index (χ3n) is 3.93. The minimum Gasteiger partial charge on any atom is -0.407 e. The minimum absolute atomic E-state index is 0.0643. The average Bonchev–Trinajstić information content (AvgIpc) is 3.36. The SMILES string of the molecule is Fc1cc(F)cc(COn2ccnc2SSc2nccn2OCc2cc(F)cc(F)c2)c1. The highest BCUT2D eigenvalue weighted by Crippen LogP contribution is 2.35. The summed E-state index contributed by atoms with van der Waals surface area (Å²) in [5.74, 6) is -2.75. The van der Waals surface area contributed by atoms with Gasteiger partial charge >= 0.3 is 0 Å². The van der Waals surface area contributed by atoms with E-state index in [4.69, 9.17) is 9.68 Å². The van der Waals surface area contributed by atoms with Crippen molar-refractivity contribution >= 4 is 21.6 Å². The van der Waals surface area contributed by atoms with Gasteiger partial charge in [0, 0.05) is 24.5 Å². The van der Waals surface area contributed by atoms with E-state index in [9.17, 15) is 17.6 Å². The van der Waals surface area contributed by atoms with Gasteiger partial charge in [0.1, 0.15) is 36.5 Å². The van der Waals surface area contributed by atoms with Crippen LogP contribution in [-0.2, 0) is 13.2 Å². The largest absolute Gasteiger partial charge is 0.407 e. The summed E-state index contributed by atoms with van der Waals surface area (Å²) in [6.07, 6.45) is 6.13. The Morgan fingerprint density at radius 2 is 1.00 bits per heavy atom. The molecule has 166 valence electrons. The second-order valence-electron chi connectivity index (χ2n) is 6.34. The molecule has 0 aliphatic heterocycles. The fourth-order valence-electron chi connectivity index (χ4n) is 2.62. The fraction of sp³-hybridized carbons (Fsp3) is 0.100. The van der Waals surface area contributed by atoms with E-state index in [-0.39, 0.29) is 13.2 Å². The molecule has 0 saturated heterocycles. The number of imidazole rings is 2. The van der Waals surface area contributed by atoms with E-state index in [2.05, 4.69) is 9.97 Å². The van der Waals surface area contributed by atoms with Crippen molar-refractivity contribution in [2.75, 3.05) is 0 Å². The van der Waals surface area contributed by atoms with Gasteiger partial charge in [-0.05, 0) is 57.0 Å². The van der Waals surface area contributed by atoms with Gasteiger partial charge in [0.05, 0.1) is 12.4 Å². The van der Waals surface area contributed by atoms with E-state index in [1.165, 1.54) is 67.7 Å². The number of halogens is 4. The van der Waals surface area contributed by atoms with E-state index < -0.39 is 23.3 Å². The van der Waals surface area contributed by atoms with Gasteiger partial charge in [-0.25, -0.2) is 27.5 Å². The summed E-state index contributed by atoms with van der Waals surface area (Å²) < 4.78 is 56.0. The first-order chi connectivity index (χ1) is 15.5. The van der Waals surface area contributed by atoms with Crippen molar-refractivity contribution in [1.29, 1.82) is 0 Å². The van der Waals surface area contributed by atoms with Crippen molar-refractivity contribution in [3.05, 3.63) is 95.6 Å². The molecule has 2 aromatic heterocycles. The van der Waals surface area contributed by atoms with E-state index in [0.29, 0.717) is 21.4 Å². The molecule has 0 spiro atoms. The van der Waals surface area contributed by atoms with Gasteiger partial charge in [0.2, 0.25) is 10.3 Å². The van der Waals surface area contributed by atoms with Crippen molar-refractivity contribution in [2.45, 2.75) is 23.5 Å². The molecule has 4 rings (SSSR count). The number of aromatic nitrogens is 4. The molecule has 0 aliphatic rings. The molecule has 0 N–H and O–H groups in total. The monoisotopic (exact) mass is 482 g/mol. The molecular weight excluding hydrogens is 468 g/mol. The zero-order chi connectivity index (χ0) is 22.5. The molecule has 32 heavy (non-hydrogen) atoms. The minimum atomic E-state index is -0.688. The maximum absolute atomic E-state index is 13.3. The van der Waals surface area contributed by atoms with Crippen molar-refractivity contribution in [1.82, 2.24) is 19.4 Å². The Hall–Kier alpha value is -3.12. The van der Waals surface area contributed by atoms with Crippen LogP contribution in [0, 0.1) is 23.3 Å². The van der Waals surface area contributed by atoms with Crippen molar-refractivity contribution < 1.29 is 27.2 Å². The highest BCUT2D eigenvalue weighted by Gasteiger charge is 2.12. The molecule has 0 unspecified atom stereocenters. The molecule has 12 heteroatoms. The summed E-state index contributed by atoms with van der Waals surface area (Å²) in [6, 6.07) is 6.29. The van der Waals surface area contributed by atoms with Gasteiger partial charge in [-0.3, -0.25) is 0 Å². The standard InChI is InChI=1S/C20H14F4N4O2S2/c21-15-5-13(6-16(22)9-15)11-29-27-3-1-25-19(27)31-32-20-26-2-4-28(20)30-12-14-7-17(23)10-18(24)8-14/h1-10H,11-12H2. The van der Waals surface area contributed by atoms with E-state index in [1.54, 1.807) is 12.4 Å². The molecule has 2 aromatic carbocycles. The zero-order valence-corrected chi connectivity index (χ0v) is 17.8. The molecule has 2 heterocycles. The first kappa shape index (κ1) is 22.1. The van der Waals surface area contributed by atoms with Gasteiger partial charge in [0.25, 0.3) is 0 Å². The second kappa shape index (κ2) is 10.0. The van der Waals surface area contributed by atoms with Crippen LogP contribution in [0.4, 0.5) is 17.6 Å². The summed E-state index contributed by atoms with van der Waals surface area (Å²) in [5, 5.41) is 0.905. The number of rotatable bonds is 9. The third-order valence-corrected chi connectivity index (χ3v) is 6.02. The maximum Gasteiger partial charge on any atom is 0.213 e. The lowest BCUT2D eigenvalue weighted by Gasteiger charge is -2.11. The molecule has 0 atom stereocenters. The van der Waals surface area contributed by atoms with Crippen molar-refractivity contribution in [2.24, 2.45) is 0 Å². The van der Waals surface area contributed by atoms with Crippen LogP contribution in [-0.4, -0.2) is 19.4 Å². The molecular formula is C20H14F4N4O2S2. The Bertz CT molecular complexity index is 1080. The second-order valence-corrected chi connectivity index (χ2v) is 8.40. The van der Waals surface area contributed by atoms with E-state index in [0.717, 1.165) is 12.1 Å². The predicted octanol–water partition coefficient (Wildman–Crippen LogP) is 4.69. The molecule has 6 nitrogen and oxygen atoms in total. The highest BCUT2D eigenvalue weighted by atomic mass is 33.1. The topological polar surface area (TPSA) is 54.1 Å². The first-order valence-electron chi connectivity index (χ1n) is 9.04. The van der Waals surface area contributed by atoms with Crippen LogP contribution >= 0.6 is 21.6 Å². The van der Waals surface area contributed by atoms with Crippen LogP contribution in [0.2, 0.25) is 0 Å². The summed E-state index contributed by atoms with van der Waals surface area (Å²) >= 11 is 0. The van der Waals surface area contributed by atoms with Crippen LogP contribution in [0.1, 0.15) is 11.1 Å². The molecule has 0 amide bonds. The fourth-order valence-corrected chi connectivity index (χ4v) is 4.50. The molecule has 0 saturated carbocycles. The lowest BCUT2D eigenvalue weighted by molar-refractivity contribution is 0.0778. The first-order valence-corrected chi connectivity index (χ1v) is 11.2. The van der Waals surface area contributed by atoms with E-state index in [1.807, 2.05) is 0 Å². The summed E-state index contributed by atoms with van der Waals surface area (Å²) in [6.45, 7) is -0.129. The van der Waals surface area contributed by atoms with Gasteiger partial charge in [-0.1, -0.05) is 0 Å². The third kappa shape index (κ3) is 5.77. The predicted molar refractivity (Wildman–Crippen MR) is 109 cm³/mol. The quantitative estimate of drug-likeness (QED) is 0.255. The Labute approximate surface area is 187 Å². The Kier molecular flexibility index (Phi) is 6.90. The van der Waals surface area contributed by atoms with Gasteiger partial charge in [-0.15, -0.1) is 0 Å². The molecule has 0 bridgehead atoms. The van der Waals surface area contributed by atoms with Gasteiger partial charge < -0.3 is 9.68 Å².